The standard InChI is InChI=1S/C19H28N2O2/c1-15-4-5-16(12-17(15)23-2)6-7-18(22)21-11-9-19(14-21)8-3-10-20-13-19/h4-5,12,20H,3,6-11,13-14H2,1-2H3. The number of nitrogens with zero attached hydrogens (tertiary/aromatic N) is 1. The van der Waals surface area contributed by atoms with E-state index in [1.165, 1.54) is 18.4 Å². The van der Waals surface area contributed by atoms with Crippen LogP contribution in [-0.4, -0.2) is 44.1 Å². The summed E-state index contributed by atoms with van der Waals surface area (Å²) in [5, 5.41) is 3.50. The van der Waals surface area contributed by atoms with Gasteiger partial charge in [-0.25, -0.2) is 0 Å². The lowest BCUT2D eigenvalue weighted by atomic mass is 9.80. The largest absolute Gasteiger partial charge is 0.496 e. The number of nitrogens with one attached hydrogen (secondary N) is 1. The van der Waals surface area contributed by atoms with Crippen molar-refractivity contribution in [3.63, 3.8) is 0 Å². The Morgan fingerprint density at radius 2 is 2.26 bits per heavy atom. The topological polar surface area (TPSA) is 41.6 Å². The van der Waals surface area contributed by atoms with Gasteiger partial charge in [0.25, 0.3) is 0 Å². The van der Waals surface area contributed by atoms with Crippen molar-refractivity contribution >= 4 is 5.91 Å². The zero-order valence-corrected chi connectivity index (χ0v) is 14.4. The molecule has 126 valence electrons. The van der Waals surface area contributed by atoms with Crippen LogP contribution < -0.4 is 10.1 Å². The molecule has 2 aliphatic heterocycles. The number of aryl methyl sites for hydroxylation is 2. The Morgan fingerprint density at radius 3 is 3.00 bits per heavy atom. The molecule has 4 nitrogen and oxygen atoms in total. The molecule has 1 atom stereocenters. The molecule has 1 aromatic carbocycles. The van der Waals surface area contributed by atoms with E-state index in [1.54, 1.807) is 7.11 Å². The minimum atomic E-state index is 0.298. The third-order valence-corrected chi connectivity index (χ3v) is 5.45. The number of rotatable bonds is 4. The summed E-state index contributed by atoms with van der Waals surface area (Å²) in [6, 6.07) is 6.22. The smallest absolute Gasteiger partial charge is 0.222 e. The number of hydrogen-bond donors (Lipinski definition) is 1. The fraction of sp³-hybridized carbons (Fsp3) is 0.632. The van der Waals surface area contributed by atoms with Crippen LogP contribution in [0.15, 0.2) is 18.2 Å². The van der Waals surface area contributed by atoms with Crippen LogP contribution >= 0.6 is 0 Å². The van der Waals surface area contributed by atoms with Gasteiger partial charge in [0, 0.05) is 31.5 Å². The van der Waals surface area contributed by atoms with Crippen LogP contribution in [0.3, 0.4) is 0 Å². The molecule has 23 heavy (non-hydrogen) atoms. The number of carbonyl (C=O) groups excluding carboxylic acids is 1. The zero-order valence-electron chi connectivity index (χ0n) is 14.4. The molecule has 0 aliphatic carbocycles. The molecular formula is C19H28N2O2. The van der Waals surface area contributed by atoms with E-state index in [2.05, 4.69) is 28.4 Å². The molecular weight excluding hydrogens is 288 g/mol. The van der Waals surface area contributed by atoms with Crippen molar-refractivity contribution in [3.8, 4) is 5.75 Å². The molecule has 0 bridgehead atoms. The molecule has 1 spiro atoms. The van der Waals surface area contributed by atoms with Gasteiger partial charge in [0.1, 0.15) is 5.75 Å². The number of benzene rings is 1. The summed E-state index contributed by atoms with van der Waals surface area (Å²) in [6.07, 6.45) is 5.04. The van der Waals surface area contributed by atoms with Gasteiger partial charge in [-0.05, 0) is 56.3 Å². The van der Waals surface area contributed by atoms with Gasteiger partial charge in [0.15, 0.2) is 0 Å². The summed E-state index contributed by atoms with van der Waals surface area (Å²) < 4.78 is 5.37. The predicted molar refractivity (Wildman–Crippen MR) is 91.8 cm³/mol. The average Bonchev–Trinajstić information content (AvgIpc) is 2.98. The summed E-state index contributed by atoms with van der Waals surface area (Å²) in [5.74, 6) is 1.20. The first-order valence-corrected chi connectivity index (χ1v) is 8.74. The van der Waals surface area contributed by atoms with E-state index in [1.807, 2.05) is 6.92 Å². The van der Waals surface area contributed by atoms with Gasteiger partial charge in [0.05, 0.1) is 7.11 Å². The maximum absolute atomic E-state index is 12.5. The first kappa shape index (κ1) is 16.3. The maximum Gasteiger partial charge on any atom is 0.222 e. The highest BCUT2D eigenvalue weighted by atomic mass is 16.5. The Morgan fingerprint density at radius 1 is 1.39 bits per heavy atom. The molecule has 2 saturated heterocycles. The van der Waals surface area contributed by atoms with Gasteiger partial charge in [-0.3, -0.25) is 4.79 Å². The Bertz CT molecular complexity index is 564. The molecule has 2 aliphatic rings. The van der Waals surface area contributed by atoms with E-state index in [0.717, 1.165) is 50.3 Å². The summed E-state index contributed by atoms with van der Waals surface area (Å²) in [4.78, 5) is 14.6. The number of hydrogen-bond acceptors (Lipinski definition) is 3. The lowest BCUT2D eigenvalue weighted by Crippen LogP contribution is -2.42. The van der Waals surface area contributed by atoms with Gasteiger partial charge in [-0.15, -0.1) is 0 Å². The molecule has 0 aromatic heterocycles. The molecule has 1 aromatic rings. The van der Waals surface area contributed by atoms with Crippen LogP contribution in [0.5, 0.6) is 5.75 Å². The highest BCUT2D eigenvalue weighted by Crippen LogP contribution is 2.36. The second-order valence-electron chi connectivity index (χ2n) is 7.15. The fourth-order valence-electron chi connectivity index (χ4n) is 3.96. The number of likely N-dealkylation sites (tertiary alicyclic amines) is 1. The van der Waals surface area contributed by atoms with E-state index < -0.39 is 0 Å². The minimum absolute atomic E-state index is 0.298. The van der Waals surface area contributed by atoms with E-state index in [9.17, 15) is 4.79 Å². The SMILES string of the molecule is COc1cc(CCC(=O)N2CCC3(CCCNC3)C2)ccc1C. The molecule has 0 saturated carbocycles. The first-order valence-electron chi connectivity index (χ1n) is 8.74. The van der Waals surface area contributed by atoms with Crippen LogP contribution in [0.25, 0.3) is 0 Å². The summed E-state index contributed by atoms with van der Waals surface area (Å²) in [5.41, 5.74) is 2.66. The van der Waals surface area contributed by atoms with E-state index in [-0.39, 0.29) is 0 Å². The normalized spacial score (nSPS) is 24.2. The number of piperidine rings is 1. The van der Waals surface area contributed by atoms with Crippen molar-refractivity contribution in [2.24, 2.45) is 5.41 Å². The van der Waals surface area contributed by atoms with Gasteiger partial charge in [0.2, 0.25) is 5.91 Å². The second-order valence-corrected chi connectivity index (χ2v) is 7.15. The molecule has 1 amide bonds. The van der Waals surface area contributed by atoms with E-state index >= 15 is 0 Å². The number of ether oxygens (including phenoxy) is 1. The Labute approximate surface area is 139 Å². The Hall–Kier alpha value is -1.55. The predicted octanol–water partition coefficient (Wildman–Crippen LogP) is 2.54. The van der Waals surface area contributed by atoms with Crippen LogP contribution in [-0.2, 0) is 11.2 Å². The first-order chi connectivity index (χ1) is 11.1. The third kappa shape index (κ3) is 3.69. The molecule has 3 rings (SSSR count). The third-order valence-electron chi connectivity index (χ3n) is 5.45. The lowest BCUT2D eigenvalue weighted by molar-refractivity contribution is -0.130. The van der Waals surface area contributed by atoms with Crippen LogP contribution in [0.1, 0.15) is 36.8 Å². The molecule has 4 heteroatoms. The lowest BCUT2D eigenvalue weighted by Gasteiger charge is -2.33. The van der Waals surface area contributed by atoms with Crippen molar-refractivity contribution in [2.75, 3.05) is 33.3 Å². The quantitative estimate of drug-likeness (QED) is 0.928. The molecule has 2 fully saturated rings. The number of carbonyl (C=O) groups is 1. The summed E-state index contributed by atoms with van der Waals surface area (Å²) in [6.45, 7) is 6.11. The Balaban J connectivity index is 1.54. The van der Waals surface area contributed by atoms with Crippen LogP contribution in [0.4, 0.5) is 0 Å². The van der Waals surface area contributed by atoms with Crippen molar-refractivity contribution in [2.45, 2.75) is 39.0 Å². The Kier molecular flexibility index (Phi) is 4.90. The zero-order chi connectivity index (χ0) is 16.3. The fourth-order valence-corrected chi connectivity index (χ4v) is 3.96. The number of methoxy groups -OCH3 is 1. The molecule has 1 N–H and O–H groups in total. The molecule has 0 radical (unpaired) electrons. The average molecular weight is 316 g/mol. The van der Waals surface area contributed by atoms with Gasteiger partial charge >= 0.3 is 0 Å². The van der Waals surface area contributed by atoms with Crippen molar-refractivity contribution in [1.82, 2.24) is 10.2 Å². The highest BCUT2D eigenvalue weighted by molar-refractivity contribution is 5.76. The molecule has 1 unspecified atom stereocenters. The van der Waals surface area contributed by atoms with Crippen molar-refractivity contribution in [3.05, 3.63) is 29.3 Å². The number of amides is 1. The van der Waals surface area contributed by atoms with E-state index in [4.69, 9.17) is 4.74 Å². The van der Waals surface area contributed by atoms with Gasteiger partial charge in [-0.2, -0.15) is 0 Å². The van der Waals surface area contributed by atoms with E-state index in [0.29, 0.717) is 17.7 Å². The van der Waals surface area contributed by atoms with Crippen molar-refractivity contribution in [1.29, 1.82) is 0 Å². The van der Waals surface area contributed by atoms with Gasteiger partial charge in [-0.1, -0.05) is 12.1 Å². The van der Waals surface area contributed by atoms with Crippen molar-refractivity contribution < 1.29 is 9.53 Å². The molecule has 2 heterocycles. The van der Waals surface area contributed by atoms with Gasteiger partial charge < -0.3 is 15.0 Å². The minimum Gasteiger partial charge on any atom is -0.496 e. The van der Waals surface area contributed by atoms with Crippen LogP contribution in [0.2, 0.25) is 0 Å². The van der Waals surface area contributed by atoms with Crippen LogP contribution in [0, 0.1) is 12.3 Å². The summed E-state index contributed by atoms with van der Waals surface area (Å²) in [7, 11) is 1.69. The monoisotopic (exact) mass is 316 g/mol. The highest BCUT2D eigenvalue weighted by Gasteiger charge is 2.40. The maximum atomic E-state index is 12.5. The summed E-state index contributed by atoms with van der Waals surface area (Å²) >= 11 is 0. The second kappa shape index (κ2) is 6.91.